The molecule has 0 N–H and O–H groups in total. The summed E-state index contributed by atoms with van der Waals surface area (Å²) in [6, 6.07) is 10.7. The number of nitro groups is 1. The highest BCUT2D eigenvalue weighted by molar-refractivity contribution is 7.10. The van der Waals surface area contributed by atoms with Gasteiger partial charge in [0.25, 0.3) is 0 Å². The predicted molar refractivity (Wildman–Crippen MR) is 103 cm³/mol. The second kappa shape index (κ2) is 8.43. The van der Waals surface area contributed by atoms with Crippen LogP contribution in [0.4, 0.5) is 0 Å². The highest BCUT2D eigenvalue weighted by Crippen LogP contribution is 2.42. The molecule has 144 valence electrons. The quantitative estimate of drug-likeness (QED) is 0.303. The van der Waals surface area contributed by atoms with E-state index in [0.29, 0.717) is 10.4 Å². The third-order valence-electron chi connectivity index (χ3n) is 4.04. The van der Waals surface area contributed by atoms with Gasteiger partial charge in [-0.05, 0) is 39.1 Å². The summed E-state index contributed by atoms with van der Waals surface area (Å²) >= 11 is 1.29. The summed E-state index contributed by atoms with van der Waals surface area (Å²) in [6.45, 7) is 6.37. The first kappa shape index (κ1) is 20.8. The van der Waals surface area contributed by atoms with Gasteiger partial charge in [-0.1, -0.05) is 36.4 Å². The minimum Gasteiger partial charge on any atom is -0.459 e. The molecular weight excluding hydrogens is 366 g/mol. The number of carbonyl (C=O) groups is 2. The Kier molecular flexibility index (Phi) is 6.49. The molecule has 6 nitrogen and oxygen atoms in total. The standard InChI is InChI=1S/C20H23NO5S/c1-13(22)16(19(23)26-20(2,3)4)17(15-11-8-12-27-15)18(21(24)25)14-9-6-5-7-10-14/h5-12,16-18H,1-4H3. The number of carbonyl (C=O) groups excluding carboxylic acids is 2. The van der Waals surface area contributed by atoms with Crippen LogP contribution in [0.1, 0.15) is 50.1 Å². The van der Waals surface area contributed by atoms with Gasteiger partial charge in [0.2, 0.25) is 6.04 Å². The summed E-state index contributed by atoms with van der Waals surface area (Å²) in [7, 11) is 0. The van der Waals surface area contributed by atoms with Crippen molar-refractivity contribution in [2.45, 2.75) is 45.3 Å². The van der Waals surface area contributed by atoms with Crippen LogP contribution >= 0.6 is 11.3 Å². The molecule has 0 aliphatic carbocycles. The molecule has 3 atom stereocenters. The molecule has 0 saturated carbocycles. The van der Waals surface area contributed by atoms with Crippen molar-refractivity contribution in [3.05, 3.63) is 68.4 Å². The number of nitrogens with zero attached hydrogens (tertiary/aromatic N) is 1. The second-order valence-electron chi connectivity index (χ2n) is 7.30. The van der Waals surface area contributed by atoms with Gasteiger partial charge in [0.05, 0.1) is 5.92 Å². The first-order chi connectivity index (χ1) is 12.6. The summed E-state index contributed by atoms with van der Waals surface area (Å²) < 4.78 is 5.43. The van der Waals surface area contributed by atoms with Gasteiger partial charge in [-0.3, -0.25) is 19.7 Å². The van der Waals surface area contributed by atoms with Crippen LogP contribution in [0, 0.1) is 16.0 Å². The Labute approximate surface area is 162 Å². The number of hydrogen-bond acceptors (Lipinski definition) is 6. The second-order valence-corrected chi connectivity index (χ2v) is 8.28. The van der Waals surface area contributed by atoms with Crippen LogP contribution in [0.25, 0.3) is 0 Å². The molecule has 0 spiro atoms. The molecule has 0 amide bonds. The fraction of sp³-hybridized carbons (Fsp3) is 0.400. The number of rotatable bonds is 7. The van der Waals surface area contributed by atoms with Gasteiger partial charge in [0, 0.05) is 15.4 Å². The maximum atomic E-state index is 12.8. The van der Waals surface area contributed by atoms with E-state index < -0.39 is 40.2 Å². The lowest BCUT2D eigenvalue weighted by molar-refractivity contribution is -0.534. The van der Waals surface area contributed by atoms with Crippen molar-refractivity contribution in [3.8, 4) is 0 Å². The number of benzene rings is 1. The van der Waals surface area contributed by atoms with Crippen molar-refractivity contribution < 1.29 is 19.2 Å². The minimum absolute atomic E-state index is 0.431. The fourth-order valence-electron chi connectivity index (χ4n) is 3.02. The van der Waals surface area contributed by atoms with Crippen LogP contribution in [0.5, 0.6) is 0 Å². The Morgan fingerprint density at radius 3 is 2.19 bits per heavy atom. The maximum Gasteiger partial charge on any atom is 0.317 e. The smallest absolute Gasteiger partial charge is 0.317 e. The summed E-state index contributed by atoms with van der Waals surface area (Å²) in [5, 5.41) is 13.8. The monoisotopic (exact) mass is 389 g/mol. The highest BCUT2D eigenvalue weighted by atomic mass is 32.1. The molecule has 0 aliphatic heterocycles. The van der Waals surface area contributed by atoms with E-state index in [1.54, 1.807) is 68.6 Å². The highest BCUT2D eigenvalue weighted by Gasteiger charge is 2.47. The number of thiophene rings is 1. The summed E-state index contributed by atoms with van der Waals surface area (Å²) in [4.78, 5) is 37.5. The number of hydrogen-bond donors (Lipinski definition) is 0. The summed E-state index contributed by atoms with van der Waals surface area (Å²) in [5.41, 5.74) is -0.363. The molecular formula is C20H23NO5S. The molecule has 0 radical (unpaired) electrons. The Morgan fingerprint density at radius 2 is 1.74 bits per heavy atom. The Hall–Kier alpha value is -2.54. The van der Waals surface area contributed by atoms with Gasteiger partial charge >= 0.3 is 5.97 Å². The zero-order valence-corrected chi connectivity index (χ0v) is 16.6. The summed E-state index contributed by atoms with van der Waals surface area (Å²) in [6.07, 6.45) is 0. The van der Waals surface area contributed by atoms with Gasteiger partial charge in [-0.25, -0.2) is 0 Å². The Bertz CT molecular complexity index is 796. The van der Waals surface area contributed by atoms with Gasteiger partial charge in [-0.2, -0.15) is 0 Å². The molecule has 7 heteroatoms. The van der Waals surface area contributed by atoms with Crippen molar-refractivity contribution >= 4 is 23.1 Å². The van der Waals surface area contributed by atoms with E-state index in [9.17, 15) is 19.7 Å². The van der Waals surface area contributed by atoms with Gasteiger partial charge in [0.15, 0.2) is 0 Å². The molecule has 2 rings (SSSR count). The fourth-order valence-corrected chi connectivity index (χ4v) is 3.92. The van der Waals surface area contributed by atoms with Crippen molar-refractivity contribution in [1.82, 2.24) is 0 Å². The van der Waals surface area contributed by atoms with E-state index in [-0.39, 0.29) is 0 Å². The average molecular weight is 389 g/mol. The van der Waals surface area contributed by atoms with Crippen LogP contribution in [-0.2, 0) is 14.3 Å². The first-order valence-corrected chi connectivity index (χ1v) is 9.45. The molecule has 0 saturated heterocycles. The predicted octanol–water partition coefficient (Wildman–Crippen LogP) is 4.40. The summed E-state index contributed by atoms with van der Waals surface area (Å²) in [5.74, 6) is -3.41. The first-order valence-electron chi connectivity index (χ1n) is 8.57. The third-order valence-corrected chi connectivity index (χ3v) is 5.01. The normalized spacial score (nSPS) is 14.8. The molecule has 1 heterocycles. The molecule has 0 aliphatic rings. The van der Waals surface area contributed by atoms with Crippen molar-refractivity contribution in [3.63, 3.8) is 0 Å². The van der Waals surface area contributed by atoms with E-state index in [4.69, 9.17) is 4.74 Å². The number of esters is 1. The van der Waals surface area contributed by atoms with Crippen molar-refractivity contribution in [1.29, 1.82) is 0 Å². The van der Waals surface area contributed by atoms with E-state index in [1.807, 2.05) is 0 Å². The van der Waals surface area contributed by atoms with Crippen LogP contribution in [0.15, 0.2) is 47.8 Å². The third kappa shape index (κ3) is 5.23. The lowest BCUT2D eigenvalue weighted by atomic mass is 9.79. The average Bonchev–Trinajstić information content (AvgIpc) is 3.06. The molecule has 2 aromatic rings. The topological polar surface area (TPSA) is 86.5 Å². The molecule has 0 fully saturated rings. The van der Waals surface area contributed by atoms with Crippen LogP contribution in [0.3, 0.4) is 0 Å². The van der Waals surface area contributed by atoms with Crippen molar-refractivity contribution in [2.24, 2.45) is 5.92 Å². The zero-order valence-electron chi connectivity index (χ0n) is 15.7. The van der Waals surface area contributed by atoms with E-state index >= 15 is 0 Å². The number of ether oxygens (including phenoxy) is 1. The van der Waals surface area contributed by atoms with E-state index in [0.717, 1.165) is 0 Å². The lowest BCUT2D eigenvalue weighted by Crippen LogP contribution is -2.38. The molecule has 1 aromatic heterocycles. The van der Waals surface area contributed by atoms with Gasteiger partial charge in [0.1, 0.15) is 17.3 Å². The van der Waals surface area contributed by atoms with Crippen molar-refractivity contribution in [2.75, 3.05) is 0 Å². The lowest BCUT2D eigenvalue weighted by Gasteiger charge is -2.29. The maximum absolute atomic E-state index is 12.8. The Balaban J connectivity index is 2.59. The zero-order chi connectivity index (χ0) is 20.2. The van der Waals surface area contributed by atoms with Crippen LogP contribution < -0.4 is 0 Å². The van der Waals surface area contributed by atoms with Gasteiger partial charge < -0.3 is 4.74 Å². The number of Topliss-reactive ketones (excluding diaryl/α,β-unsaturated/α-hetero) is 1. The van der Waals surface area contributed by atoms with E-state index in [2.05, 4.69) is 0 Å². The molecule has 0 bridgehead atoms. The SMILES string of the molecule is CC(=O)C(C(=O)OC(C)(C)C)C(c1cccs1)C(c1ccccc1)[N+](=O)[O-]. The van der Waals surface area contributed by atoms with Crippen LogP contribution in [-0.4, -0.2) is 22.3 Å². The molecule has 27 heavy (non-hydrogen) atoms. The molecule has 1 aromatic carbocycles. The van der Waals surface area contributed by atoms with Crippen LogP contribution in [0.2, 0.25) is 0 Å². The minimum atomic E-state index is -1.27. The molecule has 3 unspecified atom stereocenters. The van der Waals surface area contributed by atoms with Gasteiger partial charge in [-0.15, -0.1) is 11.3 Å². The largest absolute Gasteiger partial charge is 0.459 e. The number of ketones is 1. The van der Waals surface area contributed by atoms with E-state index in [1.165, 1.54) is 18.3 Å². The Morgan fingerprint density at radius 1 is 1.11 bits per heavy atom.